The van der Waals surface area contributed by atoms with Gasteiger partial charge in [0.05, 0.1) is 6.42 Å². The van der Waals surface area contributed by atoms with Crippen molar-refractivity contribution in [3.8, 4) is 11.5 Å². The predicted molar refractivity (Wildman–Crippen MR) is 105 cm³/mol. The number of aliphatic carboxylic acids is 1. The van der Waals surface area contributed by atoms with E-state index in [1.165, 1.54) is 0 Å². The Morgan fingerprint density at radius 3 is 2.52 bits per heavy atom. The molecule has 2 fully saturated rings. The average molecular weight is 394 g/mol. The van der Waals surface area contributed by atoms with Gasteiger partial charge in [0, 0.05) is 19.0 Å². The Kier molecular flexibility index (Phi) is 5.20. The molecular weight excluding hydrogens is 372 g/mol. The summed E-state index contributed by atoms with van der Waals surface area (Å²) in [7, 11) is 0. The van der Waals surface area contributed by atoms with Crippen LogP contribution in [-0.4, -0.2) is 51.9 Å². The Morgan fingerprint density at radius 1 is 1.03 bits per heavy atom. The largest absolute Gasteiger partial charge is 0.480 e. The lowest BCUT2D eigenvalue weighted by molar-refractivity contribution is -0.158. The molecule has 0 spiro atoms. The second-order valence-corrected chi connectivity index (χ2v) is 7.38. The van der Waals surface area contributed by atoms with Crippen LogP contribution < -0.4 is 4.74 Å². The molecule has 2 heterocycles. The summed E-state index contributed by atoms with van der Waals surface area (Å²) < 4.78 is 5.90. The SMILES string of the molecule is O=C(O)[C@@H]1CC(=O)N1C(=O)N1CCCC(c2cccc(Oc3ccccc3)c2)C1. The molecule has 2 aromatic carbocycles. The number of hydrogen-bond acceptors (Lipinski definition) is 4. The van der Waals surface area contributed by atoms with E-state index in [9.17, 15) is 19.5 Å². The maximum Gasteiger partial charge on any atom is 0.327 e. The van der Waals surface area contributed by atoms with Crippen LogP contribution in [0.5, 0.6) is 11.5 Å². The highest BCUT2D eigenvalue weighted by atomic mass is 16.5. The number of ether oxygens (including phenoxy) is 1. The first-order valence-electron chi connectivity index (χ1n) is 9.69. The molecule has 2 aromatic rings. The van der Waals surface area contributed by atoms with Crippen LogP contribution >= 0.6 is 0 Å². The van der Waals surface area contributed by atoms with Gasteiger partial charge in [-0.25, -0.2) is 14.5 Å². The molecule has 2 atom stereocenters. The maximum absolute atomic E-state index is 12.7. The minimum atomic E-state index is -1.14. The number of carbonyl (C=O) groups is 3. The highest BCUT2D eigenvalue weighted by Gasteiger charge is 2.47. The number of imide groups is 1. The number of carbonyl (C=O) groups excluding carboxylic acids is 2. The van der Waals surface area contributed by atoms with Gasteiger partial charge in [-0.15, -0.1) is 0 Å². The number of urea groups is 1. The zero-order valence-electron chi connectivity index (χ0n) is 15.9. The summed E-state index contributed by atoms with van der Waals surface area (Å²) in [5.74, 6) is 0.00820. The number of likely N-dealkylation sites (tertiary alicyclic amines) is 2. The molecule has 0 saturated carbocycles. The van der Waals surface area contributed by atoms with Gasteiger partial charge >= 0.3 is 12.0 Å². The van der Waals surface area contributed by atoms with Crippen molar-refractivity contribution in [2.75, 3.05) is 13.1 Å². The van der Waals surface area contributed by atoms with E-state index in [1.54, 1.807) is 4.90 Å². The molecule has 4 rings (SSSR count). The first kappa shape index (κ1) is 19.0. The van der Waals surface area contributed by atoms with Crippen LogP contribution in [0.25, 0.3) is 0 Å². The number of piperidine rings is 1. The van der Waals surface area contributed by atoms with Crippen LogP contribution in [-0.2, 0) is 9.59 Å². The lowest BCUT2D eigenvalue weighted by Gasteiger charge is -2.41. The predicted octanol–water partition coefficient (Wildman–Crippen LogP) is 3.46. The lowest BCUT2D eigenvalue weighted by Crippen LogP contribution is -2.63. The third kappa shape index (κ3) is 3.94. The van der Waals surface area contributed by atoms with Gasteiger partial charge in [-0.1, -0.05) is 30.3 Å². The second-order valence-electron chi connectivity index (χ2n) is 7.38. The Morgan fingerprint density at radius 2 is 1.79 bits per heavy atom. The number of rotatable bonds is 4. The molecule has 2 aliphatic heterocycles. The molecule has 1 unspecified atom stereocenters. The molecule has 0 aliphatic carbocycles. The van der Waals surface area contributed by atoms with E-state index in [-0.39, 0.29) is 12.3 Å². The van der Waals surface area contributed by atoms with Crippen LogP contribution in [0.4, 0.5) is 4.79 Å². The van der Waals surface area contributed by atoms with Crippen molar-refractivity contribution in [2.45, 2.75) is 31.2 Å². The molecule has 29 heavy (non-hydrogen) atoms. The molecule has 0 bridgehead atoms. The zero-order chi connectivity index (χ0) is 20.4. The van der Waals surface area contributed by atoms with Crippen LogP contribution in [0.3, 0.4) is 0 Å². The fourth-order valence-corrected chi connectivity index (χ4v) is 3.89. The topological polar surface area (TPSA) is 87.2 Å². The molecule has 1 N–H and O–H groups in total. The minimum Gasteiger partial charge on any atom is -0.480 e. The Labute approximate surface area is 168 Å². The standard InChI is InChI=1S/C22H22N2O5/c25-20-13-19(21(26)27)24(20)22(28)23-11-5-7-16(14-23)15-6-4-10-18(12-15)29-17-8-2-1-3-9-17/h1-4,6,8-10,12,16,19H,5,7,11,13-14H2,(H,26,27)/t16?,19-/m0/s1. The molecule has 3 amide bonds. The summed E-state index contributed by atoms with van der Waals surface area (Å²) in [4.78, 5) is 38.2. The highest BCUT2D eigenvalue weighted by Crippen LogP contribution is 2.32. The van der Waals surface area contributed by atoms with Gasteiger partial charge in [0.2, 0.25) is 5.91 Å². The Balaban J connectivity index is 1.46. The van der Waals surface area contributed by atoms with E-state index in [2.05, 4.69) is 0 Å². The van der Waals surface area contributed by atoms with E-state index >= 15 is 0 Å². The highest BCUT2D eigenvalue weighted by molar-refractivity contribution is 6.05. The van der Waals surface area contributed by atoms with Crippen molar-refractivity contribution in [1.82, 2.24) is 9.80 Å². The normalized spacial score (nSPS) is 21.4. The van der Waals surface area contributed by atoms with Crippen molar-refractivity contribution in [2.24, 2.45) is 0 Å². The van der Waals surface area contributed by atoms with Crippen LogP contribution in [0, 0.1) is 0 Å². The van der Waals surface area contributed by atoms with Crippen LogP contribution in [0.1, 0.15) is 30.7 Å². The zero-order valence-corrected chi connectivity index (χ0v) is 15.9. The fourth-order valence-electron chi connectivity index (χ4n) is 3.89. The van der Waals surface area contributed by atoms with Gasteiger partial charge < -0.3 is 14.7 Å². The number of hydrogen-bond donors (Lipinski definition) is 1. The first-order valence-corrected chi connectivity index (χ1v) is 9.69. The van der Waals surface area contributed by atoms with Crippen molar-refractivity contribution in [1.29, 1.82) is 0 Å². The number of β-lactam (4-membered cyclic amide) rings is 1. The van der Waals surface area contributed by atoms with Gasteiger partial charge in [-0.3, -0.25) is 4.79 Å². The van der Waals surface area contributed by atoms with E-state index in [0.29, 0.717) is 13.1 Å². The minimum absolute atomic E-state index is 0.103. The van der Waals surface area contributed by atoms with Crippen molar-refractivity contribution in [3.63, 3.8) is 0 Å². The van der Waals surface area contributed by atoms with Gasteiger partial charge in [-0.05, 0) is 42.7 Å². The number of para-hydroxylation sites is 1. The summed E-state index contributed by atoms with van der Waals surface area (Å²) in [5, 5.41) is 9.17. The molecule has 7 nitrogen and oxygen atoms in total. The quantitative estimate of drug-likeness (QED) is 0.803. The van der Waals surface area contributed by atoms with Crippen molar-refractivity contribution in [3.05, 3.63) is 60.2 Å². The van der Waals surface area contributed by atoms with E-state index in [4.69, 9.17) is 4.74 Å². The molecule has 2 aliphatic rings. The van der Waals surface area contributed by atoms with Crippen LogP contribution in [0.2, 0.25) is 0 Å². The summed E-state index contributed by atoms with van der Waals surface area (Å²) in [6.45, 7) is 0.968. The summed E-state index contributed by atoms with van der Waals surface area (Å²) >= 11 is 0. The first-order chi connectivity index (χ1) is 14.0. The molecular formula is C22H22N2O5. The van der Waals surface area contributed by atoms with Gasteiger partial charge in [0.25, 0.3) is 0 Å². The van der Waals surface area contributed by atoms with Crippen LogP contribution in [0.15, 0.2) is 54.6 Å². The number of carboxylic acids is 1. The molecule has 150 valence electrons. The van der Waals surface area contributed by atoms with Gasteiger partial charge in [-0.2, -0.15) is 0 Å². The Hall–Kier alpha value is -3.35. The average Bonchev–Trinajstić information content (AvgIpc) is 2.72. The van der Waals surface area contributed by atoms with E-state index in [1.807, 2.05) is 54.6 Å². The third-order valence-corrected chi connectivity index (χ3v) is 5.44. The van der Waals surface area contributed by atoms with Crippen molar-refractivity contribution >= 4 is 17.9 Å². The number of nitrogens with zero attached hydrogens (tertiary/aromatic N) is 2. The summed E-state index contributed by atoms with van der Waals surface area (Å²) in [6.07, 6.45) is 1.59. The van der Waals surface area contributed by atoms with E-state index in [0.717, 1.165) is 34.8 Å². The lowest BCUT2D eigenvalue weighted by atomic mass is 9.90. The monoisotopic (exact) mass is 394 g/mol. The van der Waals surface area contributed by atoms with E-state index < -0.39 is 23.9 Å². The summed E-state index contributed by atoms with van der Waals surface area (Å²) in [5.41, 5.74) is 1.06. The second kappa shape index (κ2) is 7.95. The van der Waals surface area contributed by atoms with Gasteiger partial charge in [0.15, 0.2) is 0 Å². The van der Waals surface area contributed by atoms with Crippen molar-refractivity contribution < 1.29 is 24.2 Å². The Bertz CT molecular complexity index is 930. The number of benzene rings is 2. The molecule has 0 aromatic heterocycles. The maximum atomic E-state index is 12.7. The number of amides is 3. The molecule has 0 radical (unpaired) electrons. The third-order valence-electron chi connectivity index (χ3n) is 5.44. The molecule has 2 saturated heterocycles. The summed E-state index contributed by atoms with van der Waals surface area (Å²) in [6, 6.07) is 15.8. The molecule has 7 heteroatoms. The number of carboxylic acid groups (broad SMARTS) is 1. The van der Waals surface area contributed by atoms with Gasteiger partial charge in [0.1, 0.15) is 17.5 Å². The smallest absolute Gasteiger partial charge is 0.327 e. The fraction of sp³-hybridized carbons (Fsp3) is 0.318.